The largest absolute Gasteiger partial charge is 0.490 e. The van der Waals surface area contributed by atoms with Crippen LogP contribution in [0.15, 0.2) is 73.3 Å². The van der Waals surface area contributed by atoms with Gasteiger partial charge in [0.05, 0.1) is 45.6 Å². The third-order valence-electron chi connectivity index (χ3n) is 12.0. The van der Waals surface area contributed by atoms with E-state index in [9.17, 15) is 19.2 Å². The van der Waals surface area contributed by atoms with Gasteiger partial charge in [0, 0.05) is 34.9 Å². The first-order valence-electron chi connectivity index (χ1n) is 27.4. The molecule has 0 aliphatic carbocycles. The van der Waals surface area contributed by atoms with Crippen molar-refractivity contribution < 1.29 is 61.8 Å². The van der Waals surface area contributed by atoms with Gasteiger partial charge >= 0.3 is 23.9 Å². The lowest BCUT2D eigenvalue weighted by Crippen LogP contribution is -2.14. The van der Waals surface area contributed by atoms with E-state index >= 15 is 0 Å². The highest BCUT2D eigenvalue weighted by Crippen LogP contribution is 2.42. The number of unbranched alkanes of at least 4 members (excludes halogenated alkanes) is 13. The summed E-state index contributed by atoms with van der Waals surface area (Å²) in [4.78, 5) is 50.6. The zero-order chi connectivity index (χ0) is 53.6. The van der Waals surface area contributed by atoms with Crippen LogP contribution in [-0.2, 0) is 35.3 Å². The number of benzene rings is 3. The molecule has 1 unspecified atom stereocenters. The highest BCUT2D eigenvalue weighted by Gasteiger charge is 2.21. The van der Waals surface area contributed by atoms with E-state index in [1.165, 1.54) is 12.2 Å². The Bertz CT molecular complexity index is 2160. The van der Waals surface area contributed by atoms with Crippen LogP contribution in [0.5, 0.6) is 40.2 Å². The van der Waals surface area contributed by atoms with Gasteiger partial charge in [-0.2, -0.15) is 0 Å². The SMILES string of the molecule is C=CC(=O)OCCCCOc1ccc(/C=C/C(=O)Oc2ccc(OC(=O)/C=C/c3ccc(COC(=O)C(C)CC)c(OCCCCCC)c3OCCCCCC)cc2)c(OCCCCCC)c1OCCCCCC. The molecule has 74 heavy (non-hydrogen) atoms. The maximum absolute atomic E-state index is 13.2. The predicted molar refractivity (Wildman–Crippen MR) is 292 cm³/mol. The van der Waals surface area contributed by atoms with Gasteiger partial charge in [0.25, 0.3) is 0 Å². The normalized spacial score (nSPS) is 11.5. The molecule has 0 fully saturated rings. The van der Waals surface area contributed by atoms with E-state index in [0.29, 0.717) is 97.7 Å². The van der Waals surface area contributed by atoms with Crippen LogP contribution in [0.3, 0.4) is 0 Å². The van der Waals surface area contributed by atoms with E-state index in [2.05, 4.69) is 34.3 Å². The molecule has 13 heteroatoms. The molecule has 0 aliphatic heterocycles. The van der Waals surface area contributed by atoms with Crippen LogP contribution in [0, 0.1) is 5.92 Å². The van der Waals surface area contributed by atoms with Gasteiger partial charge in [0.15, 0.2) is 23.0 Å². The summed E-state index contributed by atoms with van der Waals surface area (Å²) in [6.07, 6.45) is 25.3. The zero-order valence-electron chi connectivity index (χ0n) is 45.5. The maximum Gasteiger partial charge on any atom is 0.336 e. The second-order valence-electron chi connectivity index (χ2n) is 18.2. The monoisotopic (exact) mass is 1030 g/mol. The Balaban J connectivity index is 1.79. The number of ether oxygens (including phenoxy) is 9. The first-order chi connectivity index (χ1) is 36.1. The molecule has 0 aliphatic rings. The first kappa shape index (κ1) is 62.1. The Hall–Kier alpha value is -6.24. The highest BCUT2D eigenvalue weighted by molar-refractivity contribution is 5.90. The van der Waals surface area contributed by atoms with Gasteiger partial charge in [-0.25, -0.2) is 14.4 Å². The van der Waals surface area contributed by atoms with Crippen molar-refractivity contribution in [2.45, 2.75) is 170 Å². The van der Waals surface area contributed by atoms with E-state index < -0.39 is 17.9 Å². The van der Waals surface area contributed by atoms with Crippen molar-refractivity contribution in [3.05, 3.63) is 90.0 Å². The Morgan fingerprint density at radius 2 is 0.878 bits per heavy atom. The molecule has 0 N–H and O–H groups in total. The second kappa shape index (κ2) is 38.4. The average Bonchev–Trinajstić information content (AvgIpc) is 3.40. The van der Waals surface area contributed by atoms with Crippen LogP contribution >= 0.6 is 0 Å². The van der Waals surface area contributed by atoms with Crippen molar-refractivity contribution in [2.75, 3.05) is 39.6 Å². The molecule has 0 amide bonds. The van der Waals surface area contributed by atoms with Crippen molar-refractivity contribution in [1.29, 1.82) is 0 Å². The molecular weight excluding hydrogens is 941 g/mol. The van der Waals surface area contributed by atoms with Crippen molar-refractivity contribution in [2.24, 2.45) is 5.92 Å². The van der Waals surface area contributed by atoms with Gasteiger partial charge in [0.1, 0.15) is 18.1 Å². The van der Waals surface area contributed by atoms with Crippen LogP contribution in [0.2, 0.25) is 0 Å². The molecule has 0 radical (unpaired) electrons. The van der Waals surface area contributed by atoms with E-state index in [-0.39, 0.29) is 36.6 Å². The van der Waals surface area contributed by atoms with Crippen molar-refractivity contribution in [3.8, 4) is 40.2 Å². The molecule has 1 atom stereocenters. The number of carbonyl (C=O) groups excluding carboxylic acids is 4. The summed E-state index contributed by atoms with van der Waals surface area (Å²) < 4.78 is 53.9. The fraction of sp³-hybridized carbons (Fsp3) is 0.541. The summed E-state index contributed by atoms with van der Waals surface area (Å²) in [5.74, 6) is 0.735. The van der Waals surface area contributed by atoms with Crippen molar-refractivity contribution >= 4 is 36.0 Å². The molecule has 3 aromatic carbocycles. The van der Waals surface area contributed by atoms with Crippen LogP contribution in [-0.4, -0.2) is 63.5 Å². The zero-order valence-corrected chi connectivity index (χ0v) is 45.5. The van der Waals surface area contributed by atoms with E-state index in [1.807, 2.05) is 32.0 Å². The van der Waals surface area contributed by atoms with Gasteiger partial charge in [0.2, 0.25) is 5.75 Å². The summed E-state index contributed by atoms with van der Waals surface area (Å²) in [5, 5.41) is 0. The van der Waals surface area contributed by atoms with Gasteiger partial charge in [-0.3, -0.25) is 4.79 Å². The third-order valence-corrected chi connectivity index (χ3v) is 12.0. The second-order valence-corrected chi connectivity index (χ2v) is 18.2. The average molecular weight is 1030 g/mol. The van der Waals surface area contributed by atoms with Crippen LogP contribution in [0.25, 0.3) is 12.2 Å². The summed E-state index contributed by atoms with van der Waals surface area (Å²) in [6.45, 7) is 18.4. The summed E-state index contributed by atoms with van der Waals surface area (Å²) in [7, 11) is 0. The number of rotatable bonds is 41. The predicted octanol–water partition coefficient (Wildman–Crippen LogP) is 14.7. The number of hydrogen-bond donors (Lipinski definition) is 0. The maximum atomic E-state index is 13.2. The van der Waals surface area contributed by atoms with Crippen LogP contribution in [0.1, 0.15) is 180 Å². The minimum atomic E-state index is -0.629. The van der Waals surface area contributed by atoms with Crippen molar-refractivity contribution in [1.82, 2.24) is 0 Å². The molecule has 408 valence electrons. The molecule has 0 bridgehead atoms. The van der Waals surface area contributed by atoms with Gasteiger partial charge in [-0.15, -0.1) is 0 Å². The Morgan fingerprint density at radius 3 is 1.35 bits per heavy atom. The van der Waals surface area contributed by atoms with Crippen molar-refractivity contribution in [3.63, 3.8) is 0 Å². The number of carbonyl (C=O) groups is 4. The molecule has 3 aromatic rings. The fourth-order valence-corrected chi connectivity index (χ4v) is 7.34. The molecular formula is C61H86O13. The molecule has 13 nitrogen and oxygen atoms in total. The Morgan fingerprint density at radius 1 is 0.459 bits per heavy atom. The molecule has 3 rings (SSSR count). The third kappa shape index (κ3) is 24.7. The van der Waals surface area contributed by atoms with Crippen LogP contribution in [0.4, 0.5) is 0 Å². The van der Waals surface area contributed by atoms with E-state index in [0.717, 1.165) is 109 Å². The summed E-state index contributed by atoms with van der Waals surface area (Å²) >= 11 is 0. The Kier molecular flexibility index (Phi) is 32.2. The molecule has 0 heterocycles. The highest BCUT2D eigenvalue weighted by atomic mass is 16.6. The smallest absolute Gasteiger partial charge is 0.336 e. The van der Waals surface area contributed by atoms with Gasteiger partial charge < -0.3 is 42.6 Å². The summed E-state index contributed by atoms with van der Waals surface area (Å²) in [6, 6.07) is 13.5. The minimum absolute atomic E-state index is 0.0315. The summed E-state index contributed by atoms with van der Waals surface area (Å²) in [5.41, 5.74) is 1.92. The number of hydrogen-bond acceptors (Lipinski definition) is 13. The van der Waals surface area contributed by atoms with Crippen LogP contribution < -0.4 is 33.2 Å². The minimum Gasteiger partial charge on any atom is -0.490 e. The lowest BCUT2D eigenvalue weighted by molar-refractivity contribution is -0.149. The lowest BCUT2D eigenvalue weighted by Gasteiger charge is -2.19. The number of esters is 4. The lowest BCUT2D eigenvalue weighted by atomic mass is 10.1. The van der Waals surface area contributed by atoms with E-state index in [1.54, 1.807) is 42.5 Å². The van der Waals surface area contributed by atoms with Gasteiger partial charge in [-0.1, -0.05) is 137 Å². The fourth-order valence-electron chi connectivity index (χ4n) is 7.34. The molecule has 0 saturated heterocycles. The molecule has 0 saturated carbocycles. The standard InChI is InChI=1S/C61H86O13/c1-8-14-18-22-42-68-57-48(28-29-50(46-72-61(65)47(7)12-5)59(57)70-44-24-20-16-10-3)31-38-55(63)73-51-33-35-52(36-34-51)74-56(64)39-32-49-30-37-53(66-40-26-27-41-67-54(62)13-6)60(71-45-25-21-17-11-4)58(49)69-43-23-19-15-9-2/h13,28-39,47H,6,8-12,14-27,40-46H2,1-5,7H3/b38-31+,39-32+. The topological polar surface area (TPSA) is 151 Å². The Labute approximate surface area is 442 Å². The first-order valence-corrected chi connectivity index (χ1v) is 27.4. The quantitative estimate of drug-likeness (QED) is 0.0230. The van der Waals surface area contributed by atoms with Gasteiger partial charge in [-0.05, 0) is 93.5 Å². The molecule has 0 spiro atoms. The molecule has 0 aromatic heterocycles. The van der Waals surface area contributed by atoms with E-state index in [4.69, 9.17) is 42.6 Å².